The van der Waals surface area contributed by atoms with Crippen LogP contribution < -0.4 is 0 Å². The fourth-order valence-corrected chi connectivity index (χ4v) is 9.01. The fraction of sp³-hybridized carbons (Fsp3) is 0.0192. The lowest BCUT2D eigenvalue weighted by Crippen LogP contribution is -2.25. The van der Waals surface area contributed by atoms with Gasteiger partial charge in [-0.15, -0.1) is 0 Å². The molecule has 2 heterocycles. The Morgan fingerprint density at radius 2 is 0.782 bits per heavy atom. The van der Waals surface area contributed by atoms with Gasteiger partial charge in [0.15, 0.2) is 5.82 Å². The molecule has 256 valence electrons. The van der Waals surface area contributed by atoms with Crippen molar-refractivity contribution in [3.63, 3.8) is 0 Å². The Bertz CT molecular complexity index is 2850. The van der Waals surface area contributed by atoms with E-state index in [0.717, 1.165) is 39.3 Å². The van der Waals surface area contributed by atoms with Gasteiger partial charge in [-0.25, -0.2) is 9.97 Å². The predicted molar refractivity (Wildman–Crippen MR) is 223 cm³/mol. The van der Waals surface area contributed by atoms with Crippen LogP contribution in [0.1, 0.15) is 22.3 Å². The highest BCUT2D eigenvalue weighted by Crippen LogP contribution is 2.63. The first-order chi connectivity index (χ1) is 27.3. The number of nitrogens with zero attached hydrogens (tertiary/aromatic N) is 3. The fourth-order valence-electron chi connectivity index (χ4n) is 9.01. The van der Waals surface area contributed by atoms with Gasteiger partial charge in [-0.2, -0.15) is 0 Å². The third kappa shape index (κ3) is 4.80. The molecule has 7 aromatic carbocycles. The molecule has 2 aliphatic rings. The lowest BCUT2D eigenvalue weighted by molar-refractivity contribution is 0.794. The second-order valence-electron chi connectivity index (χ2n) is 14.3. The first-order valence-electron chi connectivity index (χ1n) is 18.8. The molecule has 9 aromatic rings. The van der Waals surface area contributed by atoms with E-state index in [0.29, 0.717) is 5.82 Å². The van der Waals surface area contributed by atoms with Gasteiger partial charge in [0.2, 0.25) is 0 Å². The third-order valence-corrected chi connectivity index (χ3v) is 11.4. The van der Waals surface area contributed by atoms with Crippen LogP contribution in [0.25, 0.3) is 78.5 Å². The summed E-state index contributed by atoms with van der Waals surface area (Å²) in [6, 6.07) is 69.5. The summed E-state index contributed by atoms with van der Waals surface area (Å²) in [5, 5.41) is 0. The maximum absolute atomic E-state index is 5.12. The molecule has 11 rings (SSSR count). The molecule has 0 amide bonds. The van der Waals surface area contributed by atoms with Gasteiger partial charge in [0.1, 0.15) is 0 Å². The van der Waals surface area contributed by atoms with Crippen molar-refractivity contribution < 1.29 is 0 Å². The zero-order valence-electron chi connectivity index (χ0n) is 29.9. The van der Waals surface area contributed by atoms with E-state index in [4.69, 9.17) is 9.97 Å². The second-order valence-corrected chi connectivity index (χ2v) is 14.3. The molecule has 2 aromatic heterocycles. The minimum absolute atomic E-state index is 0.365. The van der Waals surface area contributed by atoms with Gasteiger partial charge >= 0.3 is 0 Å². The van der Waals surface area contributed by atoms with Crippen LogP contribution in [-0.4, -0.2) is 15.0 Å². The molecule has 0 fully saturated rings. The molecular formula is C52H33N3. The van der Waals surface area contributed by atoms with Gasteiger partial charge in [-0.05, 0) is 73.8 Å². The Morgan fingerprint density at radius 1 is 0.309 bits per heavy atom. The summed E-state index contributed by atoms with van der Waals surface area (Å²) >= 11 is 0. The summed E-state index contributed by atoms with van der Waals surface area (Å²) in [5.41, 5.74) is 19.5. The molecule has 1 spiro atoms. The van der Waals surface area contributed by atoms with Crippen molar-refractivity contribution in [2.45, 2.75) is 5.41 Å². The monoisotopic (exact) mass is 699 g/mol. The van der Waals surface area contributed by atoms with Crippen molar-refractivity contribution in [1.29, 1.82) is 0 Å². The standard InChI is InChI=1S/C52H33N3/c1-2-13-38(14-3-1)51-54-48(33-49(55-51)37-30-28-35(29-31-37)47-23-10-11-32-53-47)36-26-24-34(25-27-36)39-18-12-22-46-50(39)42-17-6-9-21-45(42)52(46)43-19-7-4-15-40(43)41-16-5-8-20-44(41)52/h1-33H. The van der Waals surface area contributed by atoms with Crippen molar-refractivity contribution in [2.24, 2.45) is 0 Å². The maximum Gasteiger partial charge on any atom is 0.160 e. The summed E-state index contributed by atoms with van der Waals surface area (Å²) < 4.78 is 0. The maximum atomic E-state index is 5.12. The van der Waals surface area contributed by atoms with Gasteiger partial charge in [-0.1, -0.05) is 176 Å². The van der Waals surface area contributed by atoms with E-state index in [-0.39, 0.29) is 5.41 Å². The number of benzene rings is 7. The molecular weight excluding hydrogens is 667 g/mol. The first kappa shape index (κ1) is 31.3. The van der Waals surface area contributed by atoms with Crippen LogP contribution in [0, 0.1) is 0 Å². The van der Waals surface area contributed by atoms with Crippen LogP contribution in [0.15, 0.2) is 200 Å². The third-order valence-electron chi connectivity index (χ3n) is 11.4. The molecule has 0 aliphatic heterocycles. The number of hydrogen-bond donors (Lipinski definition) is 0. The Labute approximate surface area is 320 Å². The summed E-state index contributed by atoms with van der Waals surface area (Å²) in [7, 11) is 0. The topological polar surface area (TPSA) is 38.7 Å². The molecule has 55 heavy (non-hydrogen) atoms. The van der Waals surface area contributed by atoms with Crippen molar-refractivity contribution in [3.05, 3.63) is 223 Å². The molecule has 0 N–H and O–H groups in total. The van der Waals surface area contributed by atoms with Crippen molar-refractivity contribution in [2.75, 3.05) is 0 Å². The Kier molecular flexibility index (Phi) is 7.08. The smallest absolute Gasteiger partial charge is 0.160 e. The average Bonchev–Trinajstić information content (AvgIpc) is 3.75. The van der Waals surface area contributed by atoms with Gasteiger partial charge in [0.05, 0.1) is 22.5 Å². The van der Waals surface area contributed by atoms with E-state index < -0.39 is 0 Å². The largest absolute Gasteiger partial charge is 0.256 e. The summed E-state index contributed by atoms with van der Waals surface area (Å²) in [6.07, 6.45) is 1.83. The predicted octanol–water partition coefficient (Wildman–Crippen LogP) is 12.6. The van der Waals surface area contributed by atoms with E-state index in [9.17, 15) is 0 Å². The van der Waals surface area contributed by atoms with Crippen LogP contribution in [0.5, 0.6) is 0 Å². The zero-order chi connectivity index (χ0) is 36.3. The highest BCUT2D eigenvalue weighted by atomic mass is 14.9. The molecule has 0 saturated heterocycles. The Hall–Kier alpha value is -7.23. The van der Waals surface area contributed by atoms with Gasteiger partial charge in [-0.3, -0.25) is 4.98 Å². The molecule has 2 aliphatic carbocycles. The minimum atomic E-state index is -0.365. The van der Waals surface area contributed by atoms with E-state index in [2.05, 4.69) is 163 Å². The van der Waals surface area contributed by atoms with Gasteiger partial charge in [0, 0.05) is 28.5 Å². The SMILES string of the molecule is c1ccc(-c2nc(-c3ccc(-c4ccccn4)cc3)cc(-c3ccc(-c4cccc5c4-c4ccccc4C54c5ccccc5-c5ccccc54)cc3)n2)cc1. The lowest BCUT2D eigenvalue weighted by atomic mass is 9.70. The van der Waals surface area contributed by atoms with E-state index in [1.807, 2.05) is 42.6 Å². The lowest BCUT2D eigenvalue weighted by Gasteiger charge is -2.30. The number of aromatic nitrogens is 3. The number of pyridine rings is 1. The highest BCUT2D eigenvalue weighted by Gasteiger charge is 2.51. The molecule has 0 saturated carbocycles. The Morgan fingerprint density at radius 3 is 1.38 bits per heavy atom. The van der Waals surface area contributed by atoms with Crippen LogP contribution in [-0.2, 0) is 5.41 Å². The van der Waals surface area contributed by atoms with Crippen molar-refractivity contribution in [3.8, 4) is 78.5 Å². The number of rotatable bonds is 5. The van der Waals surface area contributed by atoms with Gasteiger partial charge in [0.25, 0.3) is 0 Å². The number of hydrogen-bond acceptors (Lipinski definition) is 3. The zero-order valence-corrected chi connectivity index (χ0v) is 29.9. The van der Waals surface area contributed by atoms with Crippen LogP contribution in [0.3, 0.4) is 0 Å². The van der Waals surface area contributed by atoms with Crippen molar-refractivity contribution >= 4 is 0 Å². The van der Waals surface area contributed by atoms with E-state index in [1.54, 1.807) is 0 Å². The molecule has 0 bridgehead atoms. The quantitative estimate of drug-likeness (QED) is 0.179. The molecule has 0 atom stereocenters. The first-order valence-corrected chi connectivity index (χ1v) is 18.8. The molecule has 0 radical (unpaired) electrons. The summed E-state index contributed by atoms with van der Waals surface area (Å²) in [6.45, 7) is 0. The van der Waals surface area contributed by atoms with Crippen LogP contribution in [0.4, 0.5) is 0 Å². The van der Waals surface area contributed by atoms with E-state index >= 15 is 0 Å². The molecule has 3 nitrogen and oxygen atoms in total. The second kappa shape index (κ2) is 12.4. The molecule has 0 unspecified atom stereocenters. The van der Waals surface area contributed by atoms with Gasteiger partial charge < -0.3 is 0 Å². The minimum Gasteiger partial charge on any atom is -0.256 e. The average molecular weight is 700 g/mol. The normalized spacial score (nSPS) is 12.9. The summed E-state index contributed by atoms with van der Waals surface area (Å²) in [4.78, 5) is 14.7. The number of fused-ring (bicyclic) bond motifs is 10. The molecule has 3 heteroatoms. The van der Waals surface area contributed by atoms with Crippen molar-refractivity contribution in [1.82, 2.24) is 15.0 Å². The highest BCUT2D eigenvalue weighted by molar-refractivity contribution is 6.00. The van der Waals surface area contributed by atoms with Crippen LogP contribution >= 0.6 is 0 Å². The summed E-state index contributed by atoms with van der Waals surface area (Å²) in [5.74, 6) is 0.700. The van der Waals surface area contributed by atoms with E-state index in [1.165, 1.54) is 55.6 Å². The van der Waals surface area contributed by atoms with Crippen LogP contribution in [0.2, 0.25) is 0 Å². The Balaban J connectivity index is 1.03.